The van der Waals surface area contributed by atoms with E-state index < -0.39 is 65.8 Å². The van der Waals surface area contributed by atoms with Gasteiger partial charge in [0.2, 0.25) is 5.95 Å². The van der Waals surface area contributed by atoms with E-state index in [4.69, 9.17) is 20.3 Å². The molecule has 1 aliphatic rings. The minimum atomic E-state index is -5.84. The van der Waals surface area contributed by atoms with Crippen LogP contribution in [-0.2, 0) is 31.6 Å². The maximum Gasteiger partial charge on any atom is 0.490 e. The molecule has 2 aromatic heterocycles. The van der Waals surface area contributed by atoms with Gasteiger partial charge in [-0.15, -0.1) is 0 Å². The summed E-state index contributed by atoms with van der Waals surface area (Å²) in [7, 11) is -17.1. The smallest absolute Gasteiger partial charge is 0.386 e. The maximum absolute atomic E-state index is 12.8. The van der Waals surface area contributed by atoms with Crippen molar-refractivity contribution >= 4 is 40.4 Å². The number of fused-ring (bicyclic) bond motifs is 1. The number of nitrogens with two attached hydrogens (primary N) is 1. The lowest BCUT2D eigenvalue weighted by Crippen LogP contribution is -2.47. The number of nitrogens with zero attached hydrogens (tertiary/aromatic N) is 2. The Labute approximate surface area is 205 Å². The molecule has 18 nitrogen and oxygen atoms in total. The standard InChI is InChI=1S/C15H20FN4O14P3/c1-7(32-36(27,28)34-37(29,30)33-35(24,25)26)9-10(21)15(23,4-2-5-16)13(31-9)20-6-3-8-11(20)18-14(17)19-12(8)22/h3,6-7,9-10,13,21,23H,5H2,1H3,(H,27,28)(H,29,30)(H2,24,25,26)(H3,17,18,19,22)/t7-,9?,10?,13-,15-/m1/s1. The Kier molecular flexibility index (Phi) is 8.22. The monoisotopic (exact) mass is 592 g/mol. The van der Waals surface area contributed by atoms with Crippen molar-refractivity contribution in [3.05, 3.63) is 22.6 Å². The minimum absolute atomic E-state index is 0.0298. The van der Waals surface area contributed by atoms with Crippen LogP contribution >= 0.6 is 23.5 Å². The molecule has 1 aliphatic heterocycles. The number of phosphoric ester groups is 1. The Balaban J connectivity index is 1.95. The first-order valence-corrected chi connectivity index (χ1v) is 14.2. The minimum Gasteiger partial charge on any atom is -0.386 e. The molecule has 2 aromatic rings. The number of ether oxygens (including phenoxy) is 1. The van der Waals surface area contributed by atoms with Gasteiger partial charge in [-0.1, -0.05) is 11.8 Å². The van der Waals surface area contributed by atoms with E-state index in [1.165, 1.54) is 12.3 Å². The summed E-state index contributed by atoms with van der Waals surface area (Å²) in [6.07, 6.45) is -6.24. The van der Waals surface area contributed by atoms with Crippen molar-refractivity contribution in [2.45, 2.75) is 37.1 Å². The topological polar surface area (TPSA) is 286 Å². The average molecular weight is 592 g/mol. The van der Waals surface area contributed by atoms with Gasteiger partial charge in [-0.25, -0.2) is 18.1 Å². The van der Waals surface area contributed by atoms with Gasteiger partial charge in [-0.2, -0.15) is 13.6 Å². The van der Waals surface area contributed by atoms with Crippen LogP contribution in [-0.4, -0.2) is 74.9 Å². The quantitative estimate of drug-likeness (QED) is 0.135. The number of alkyl halides is 1. The first-order valence-electron chi connectivity index (χ1n) is 9.69. The molecule has 0 saturated carbocycles. The fraction of sp³-hybridized carbons (Fsp3) is 0.467. The van der Waals surface area contributed by atoms with Crippen LogP contribution in [0.5, 0.6) is 0 Å². The zero-order valence-corrected chi connectivity index (χ0v) is 21.0. The highest BCUT2D eigenvalue weighted by molar-refractivity contribution is 7.66. The van der Waals surface area contributed by atoms with Crippen molar-refractivity contribution in [1.29, 1.82) is 0 Å². The molecule has 22 heteroatoms. The van der Waals surface area contributed by atoms with Crippen molar-refractivity contribution in [3.63, 3.8) is 0 Å². The van der Waals surface area contributed by atoms with Crippen LogP contribution in [0, 0.1) is 11.8 Å². The number of halogens is 1. The highest BCUT2D eigenvalue weighted by Gasteiger charge is 2.58. The number of nitrogen functional groups attached to an aromatic ring is 1. The molecular formula is C15H20FN4O14P3. The van der Waals surface area contributed by atoms with Crippen molar-refractivity contribution < 1.29 is 65.8 Å². The molecule has 3 heterocycles. The Bertz CT molecular complexity index is 1450. The molecule has 0 aromatic carbocycles. The number of aromatic nitrogens is 3. The Hall–Kier alpha value is -2.00. The summed E-state index contributed by atoms with van der Waals surface area (Å²) in [5.74, 6) is 3.68. The number of phosphoric acid groups is 3. The second-order valence-corrected chi connectivity index (χ2v) is 11.8. The van der Waals surface area contributed by atoms with Gasteiger partial charge in [0, 0.05) is 6.20 Å². The Morgan fingerprint density at radius 1 is 1.30 bits per heavy atom. The average Bonchev–Trinajstić information content (AvgIpc) is 3.23. The molecule has 0 spiro atoms. The maximum atomic E-state index is 12.8. The first kappa shape index (κ1) is 29.6. The first-order chi connectivity index (χ1) is 16.9. The highest BCUT2D eigenvalue weighted by Crippen LogP contribution is 2.66. The molecule has 0 bridgehead atoms. The molecular weight excluding hydrogens is 572 g/mol. The van der Waals surface area contributed by atoms with Gasteiger partial charge in [-0.05, 0) is 13.0 Å². The van der Waals surface area contributed by atoms with Gasteiger partial charge in [0.1, 0.15) is 18.9 Å². The van der Waals surface area contributed by atoms with Gasteiger partial charge in [0.25, 0.3) is 5.56 Å². The number of rotatable bonds is 8. The summed E-state index contributed by atoms with van der Waals surface area (Å²) < 4.78 is 65.8. The molecule has 1 saturated heterocycles. The summed E-state index contributed by atoms with van der Waals surface area (Å²) in [5, 5.41) is 21.9. The van der Waals surface area contributed by atoms with Gasteiger partial charge < -0.3 is 44.8 Å². The third-order valence-corrected chi connectivity index (χ3v) is 8.74. The molecule has 0 aliphatic carbocycles. The number of hydrogen-bond acceptors (Lipinski definition) is 12. The molecule has 0 radical (unpaired) electrons. The zero-order chi connectivity index (χ0) is 28.0. The van der Waals surface area contributed by atoms with Crippen LogP contribution in [0.15, 0.2) is 17.1 Å². The van der Waals surface area contributed by atoms with Gasteiger partial charge in [-0.3, -0.25) is 14.3 Å². The van der Waals surface area contributed by atoms with E-state index in [1.54, 1.807) is 0 Å². The number of anilines is 1. The van der Waals surface area contributed by atoms with Gasteiger partial charge in [0.05, 0.1) is 11.5 Å². The van der Waals surface area contributed by atoms with Crippen LogP contribution in [0.2, 0.25) is 0 Å². The van der Waals surface area contributed by atoms with Crippen LogP contribution < -0.4 is 11.3 Å². The number of aliphatic hydroxyl groups is 2. The predicted octanol–water partition coefficient (Wildman–Crippen LogP) is -0.999. The lowest BCUT2D eigenvalue weighted by Gasteiger charge is -2.27. The number of aromatic amines is 1. The van der Waals surface area contributed by atoms with E-state index in [2.05, 4.69) is 29.0 Å². The Morgan fingerprint density at radius 3 is 2.54 bits per heavy atom. The summed E-state index contributed by atoms with van der Waals surface area (Å²) in [4.78, 5) is 54.6. The van der Waals surface area contributed by atoms with Crippen LogP contribution in [0.25, 0.3) is 11.0 Å². The van der Waals surface area contributed by atoms with Crippen molar-refractivity contribution in [3.8, 4) is 11.8 Å². The lowest BCUT2D eigenvalue weighted by atomic mass is 9.92. The molecule has 0 amide bonds. The number of nitrogens with one attached hydrogen (secondary N) is 1. The Morgan fingerprint density at radius 2 is 1.95 bits per heavy atom. The molecule has 1 fully saturated rings. The molecule has 9 N–H and O–H groups in total. The van der Waals surface area contributed by atoms with E-state index in [0.717, 1.165) is 11.5 Å². The fourth-order valence-corrected chi connectivity index (χ4v) is 6.70. The lowest BCUT2D eigenvalue weighted by molar-refractivity contribution is -0.0829. The SMILES string of the molecule is C[C@@H](OP(=O)(O)OP(=O)(O)OP(=O)(O)O)C1O[C@@H](n2ccc3c(=O)[nH]c(N)nc32)[C@@](O)(C#CCF)C1O. The van der Waals surface area contributed by atoms with Crippen molar-refractivity contribution in [2.75, 3.05) is 12.4 Å². The molecule has 206 valence electrons. The summed E-state index contributed by atoms with van der Waals surface area (Å²) in [6.45, 7) is -0.285. The molecule has 3 rings (SSSR count). The van der Waals surface area contributed by atoms with E-state index >= 15 is 0 Å². The van der Waals surface area contributed by atoms with Gasteiger partial charge in [0.15, 0.2) is 17.5 Å². The third-order valence-electron chi connectivity index (χ3n) is 4.81. The van der Waals surface area contributed by atoms with E-state index in [0.29, 0.717) is 0 Å². The van der Waals surface area contributed by atoms with E-state index in [1.807, 2.05) is 5.92 Å². The second-order valence-electron chi connectivity index (χ2n) is 7.47. The summed E-state index contributed by atoms with van der Waals surface area (Å²) in [6, 6.07) is 1.25. The number of hydrogen-bond donors (Lipinski definition) is 8. The highest BCUT2D eigenvalue weighted by atomic mass is 31.3. The van der Waals surface area contributed by atoms with Crippen molar-refractivity contribution in [1.82, 2.24) is 14.5 Å². The predicted molar refractivity (Wildman–Crippen MR) is 118 cm³/mol. The number of aliphatic hydroxyl groups excluding tert-OH is 1. The molecule has 4 unspecified atom stereocenters. The normalized spacial score (nSPS) is 28.3. The van der Waals surface area contributed by atoms with Crippen LogP contribution in [0.3, 0.4) is 0 Å². The second kappa shape index (κ2) is 10.3. The van der Waals surface area contributed by atoms with Crippen LogP contribution in [0.4, 0.5) is 10.3 Å². The van der Waals surface area contributed by atoms with Gasteiger partial charge >= 0.3 is 23.5 Å². The fourth-order valence-electron chi connectivity index (χ4n) is 3.50. The third kappa shape index (κ3) is 6.53. The molecule has 37 heavy (non-hydrogen) atoms. The van der Waals surface area contributed by atoms with Crippen LogP contribution in [0.1, 0.15) is 13.2 Å². The van der Waals surface area contributed by atoms with E-state index in [9.17, 15) is 42.9 Å². The largest absolute Gasteiger partial charge is 0.490 e. The summed E-state index contributed by atoms with van der Waals surface area (Å²) in [5.41, 5.74) is 2.09. The zero-order valence-electron chi connectivity index (χ0n) is 18.3. The molecule has 7 atom stereocenters. The van der Waals surface area contributed by atoms with E-state index in [-0.39, 0.29) is 17.0 Å². The summed E-state index contributed by atoms with van der Waals surface area (Å²) >= 11 is 0. The van der Waals surface area contributed by atoms with Crippen molar-refractivity contribution in [2.24, 2.45) is 0 Å². The number of H-pyrrole nitrogens is 1.